The lowest BCUT2D eigenvalue weighted by Crippen LogP contribution is -2.34. The van der Waals surface area contributed by atoms with Crippen molar-refractivity contribution in [3.63, 3.8) is 0 Å². The van der Waals surface area contributed by atoms with Crippen LogP contribution < -0.4 is 15.4 Å². The van der Waals surface area contributed by atoms with Gasteiger partial charge in [0, 0.05) is 17.1 Å². The molecule has 8 heteroatoms. The van der Waals surface area contributed by atoms with Crippen LogP contribution in [0.25, 0.3) is 0 Å². The first kappa shape index (κ1) is 17.8. The third kappa shape index (κ3) is 4.73. The summed E-state index contributed by atoms with van der Waals surface area (Å²) in [5, 5.41) is 13.0. The van der Waals surface area contributed by atoms with Gasteiger partial charge >= 0.3 is 6.03 Å². The van der Waals surface area contributed by atoms with Crippen LogP contribution in [0.15, 0.2) is 54.9 Å². The molecule has 1 heterocycles. The Balaban J connectivity index is 1.69. The smallest absolute Gasteiger partial charge is 0.319 e. The molecule has 0 fully saturated rings. The number of urea groups is 1. The SMILES string of the molecule is COc1ccc(CC(NC(=O)Nc2ccc(Cl)cc2)c2ncn[nH]2)cc1. The fourth-order valence-electron chi connectivity index (χ4n) is 2.45. The maximum Gasteiger partial charge on any atom is 0.319 e. The van der Waals surface area contributed by atoms with Crippen molar-refractivity contribution in [2.75, 3.05) is 12.4 Å². The van der Waals surface area contributed by atoms with Crippen molar-refractivity contribution in [2.24, 2.45) is 0 Å². The topological polar surface area (TPSA) is 91.9 Å². The molecule has 3 N–H and O–H groups in total. The van der Waals surface area contributed by atoms with Crippen molar-refractivity contribution in [2.45, 2.75) is 12.5 Å². The van der Waals surface area contributed by atoms with Gasteiger partial charge in [-0.2, -0.15) is 5.10 Å². The third-order valence-electron chi connectivity index (χ3n) is 3.77. The van der Waals surface area contributed by atoms with Gasteiger partial charge in [0.2, 0.25) is 0 Å². The Morgan fingerprint density at radius 2 is 1.92 bits per heavy atom. The predicted octanol–water partition coefficient (Wildman–Crippen LogP) is 3.57. The Morgan fingerprint density at radius 1 is 1.19 bits per heavy atom. The fraction of sp³-hybridized carbons (Fsp3) is 0.167. The van der Waals surface area contributed by atoms with Crippen LogP contribution in [0.1, 0.15) is 17.4 Å². The van der Waals surface area contributed by atoms with Crippen LogP contribution in [-0.4, -0.2) is 28.3 Å². The molecule has 7 nitrogen and oxygen atoms in total. The first-order valence-corrected chi connectivity index (χ1v) is 8.33. The number of H-pyrrole nitrogens is 1. The lowest BCUT2D eigenvalue weighted by atomic mass is 10.1. The van der Waals surface area contributed by atoms with E-state index in [4.69, 9.17) is 16.3 Å². The Bertz CT molecular complexity index is 835. The normalized spacial score (nSPS) is 11.6. The van der Waals surface area contributed by atoms with Crippen LogP contribution in [0, 0.1) is 0 Å². The van der Waals surface area contributed by atoms with Gasteiger partial charge in [-0.3, -0.25) is 5.10 Å². The summed E-state index contributed by atoms with van der Waals surface area (Å²) in [6.45, 7) is 0. The van der Waals surface area contributed by atoms with Crippen molar-refractivity contribution < 1.29 is 9.53 Å². The van der Waals surface area contributed by atoms with E-state index in [9.17, 15) is 4.79 Å². The van der Waals surface area contributed by atoms with Crippen LogP contribution in [0.2, 0.25) is 5.02 Å². The fourth-order valence-corrected chi connectivity index (χ4v) is 2.58. The highest BCUT2D eigenvalue weighted by molar-refractivity contribution is 6.30. The van der Waals surface area contributed by atoms with E-state index in [0.717, 1.165) is 11.3 Å². The van der Waals surface area contributed by atoms with Gasteiger partial charge in [-0.1, -0.05) is 23.7 Å². The monoisotopic (exact) mass is 371 g/mol. The molecule has 0 saturated carbocycles. The summed E-state index contributed by atoms with van der Waals surface area (Å²) < 4.78 is 5.17. The highest BCUT2D eigenvalue weighted by Crippen LogP contribution is 2.19. The number of benzene rings is 2. The number of carbonyl (C=O) groups excluding carboxylic acids is 1. The van der Waals surface area contributed by atoms with Crippen molar-refractivity contribution in [3.05, 3.63) is 71.3 Å². The second-order valence-corrected chi connectivity index (χ2v) is 6.02. The first-order valence-electron chi connectivity index (χ1n) is 7.95. The summed E-state index contributed by atoms with van der Waals surface area (Å²) in [5.74, 6) is 1.35. The Kier molecular flexibility index (Phi) is 5.70. The molecular weight excluding hydrogens is 354 g/mol. The molecule has 0 bridgehead atoms. The van der Waals surface area contributed by atoms with Crippen molar-refractivity contribution >= 4 is 23.3 Å². The number of aromatic amines is 1. The molecule has 0 saturated heterocycles. The number of halogens is 1. The molecule has 1 atom stereocenters. The standard InChI is InChI=1S/C18H18ClN5O2/c1-26-15-8-2-12(3-9-15)10-16(17-20-11-21-24-17)23-18(25)22-14-6-4-13(19)5-7-14/h2-9,11,16H,10H2,1H3,(H,20,21,24)(H2,22,23,25). The molecule has 0 aliphatic carbocycles. The molecule has 1 unspecified atom stereocenters. The molecule has 0 aliphatic rings. The molecule has 26 heavy (non-hydrogen) atoms. The summed E-state index contributed by atoms with van der Waals surface area (Å²) in [7, 11) is 1.62. The van der Waals surface area contributed by atoms with Crippen molar-refractivity contribution in [1.82, 2.24) is 20.5 Å². The molecule has 3 rings (SSSR count). The molecular formula is C18H18ClN5O2. The van der Waals surface area contributed by atoms with E-state index in [2.05, 4.69) is 25.8 Å². The van der Waals surface area contributed by atoms with Gasteiger partial charge in [-0.05, 0) is 42.0 Å². The molecule has 2 aromatic carbocycles. The average molecular weight is 372 g/mol. The minimum Gasteiger partial charge on any atom is -0.497 e. The van der Waals surface area contributed by atoms with E-state index < -0.39 is 0 Å². The number of carbonyl (C=O) groups is 1. The minimum atomic E-state index is -0.363. The number of ether oxygens (including phenoxy) is 1. The van der Waals surface area contributed by atoms with Crippen LogP contribution in [0.5, 0.6) is 5.75 Å². The third-order valence-corrected chi connectivity index (χ3v) is 4.02. The predicted molar refractivity (Wildman–Crippen MR) is 99.4 cm³/mol. The second kappa shape index (κ2) is 8.35. The molecule has 0 aliphatic heterocycles. The maximum absolute atomic E-state index is 12.4. The van der Waals surface area contributed by atoms with E-state index in [0.29, 0.717) is 23.0 Å². The van der Waals surface area contributed by atoms with Gasteiger partial charge in [-0.15, -0.1) is 0 Å². The van der Waals surface area contributed by atoms with Gasteiger partial charge in [0.05, 0.1) is 13.2 Å². The Labute approximate surface area is 155 Å². The van der Waals surface area contributed by atoms with E-state index in [1.165, 1.54) is 6.33 Å². The van der Waals surface area contributed by atoms with Gasteiger partial charge in [0.1, 0.15) is 17.9 Å². The molecule has 3 aromatic rings. The average Bonchev–Trinajstić information content (AvgIpc) is 3.18. The molecule has 134 valence electrons. The molecule has 2 amide bonds. The largest absolute Gasteiger partial charge is 0.497 e. The van der Waals surface area contributed by atoms with Crippen LogP contribution in [-0.2, 0) is 6.42 Å². The summed E-state index contributed by atoms with van der Waals surface area (Å²) in [6.07, 6.45) is 1.96. The summed E-state index contributed by atoms with van der Waals surface area (Å²) in [5.41, 5.74) is 1.67. The molecule has 0 spiro atoms. The summed E-state index contributed by atoms with van der Waals surface area (Å²) in [4.78, 5) is 16.5. The Hall–Kier alpha value is -3.06. The van der Waals surface area contributed by atoms with Crippen molar-refractivity contribution in [1.29, 1.82) is 0 Å². The zero-order chi connectivity index (χ0) is 18.4. The lowest BCUT2D eigenvalue weighted by Gasteiger charge is -2.17. The first-order chi connectivity index (χ1) is 12.6. The van der Waals surface area contributed by atoms with E-state index in [1.54, 1.807) is 31.4 Å². The van der Waals surface area contributed by atoms with Crippen LogP contribution in [0.4, 0.5) is 10.5 Å². The van der Waals surface area contributed by atoms with Gasteiger partial charge in [0.15, 0.2) is 0 Å². The van der Waals surface area contributed by atoms with Crippen LogP contribution >= 0.6 is 11.6 Å². The zero-order valence-corrected chi connectivity index (χ0v) is 14.8. The highest BCUT2D eigenvalue weighted by atomic mass is 35.5. The summed E-state index contributed by atoms with van der Waals surface area (Å²) >= 11 is 5.86. The number of nitrogens with one attached hydrogen (secondary N) is 3. The minimum absolute atomic E-state index is 0.345. The number of aromatic nitrogens is 3. The Morgan fingerprint density at radius 3 is 2.54 bits per heavy atom. The summed E-state index contributed by atoms with van der Waals surface area (Å²) in [6, 6.07) is 13.8. The number of rotatable bonds is 6. The number of nitrogens with zero attached hydrogens (tertiary/aromatic N) is 2. The lowest BCUT2D eigenvalue weighted by molar-refractivity contribution is 0.248. The molecule has 1 aromatic heterocycles. The van der Waals surface area contributed by atoms with Gasteiger partial charge < -0.3 is 15.4 Å². The number of anilines is 1. The van der Waals surface area contributed by atoms with E-state index in [1.807, 2.05) is 24.3 Å². The quantitative estimate of drug-likeness (QED) is 0.617. The highest BCUT2D eigenvalue weighted by Gasteiger charge is 2.18. The molecule has 0 radical (unpaired) electrons. The van der Waals surface area contributed by atoms with E-state index >= 15 is 0 Å². The second-order valence-electron chi connectivity index (χ2n) is 5.58. The number of hydrogen-bond donors (Lipinski definition) is 3. The van der Waals surface area contributed by atoms with Gasteiger partial charge in [-0.25, -0.2) is 9.78 Å². The maximum atomic E-state index is 12.4. The number of amides is 2. The van der Waals surface area contributed by atoms with Crippen LogP contribution in [0.3, 0.4) is 0 Å². The van der Waals surface area contributed by atoms with E-state index in [-0.39, 0.29) is 12.1 Å². The van der Waals surface area contributed by atoms with Crippen molar-refractivity contribution in [3.8, 4) is 5.75 Å². The number of hydrogen-bond acceptors (Lipinski definition) is 4. The number of methoxy groups -OCH3 is 1. The van der Waals surface area contributed by atoms with Gasteiger partial charge in [0.25, 0.3) is 0 Å². The zero-order valence-electron chi connectivity index (χ0n) is 14.1.